The molecule has 0 aromatic carbocycles. The van der Waals surface area contributed by atoms with Crippen LogP contribution in [-0.2, 0) is 32.7 Å². The number of esters is 2. The number of phosphoric ester groups is 1. The SMILES string of the molecule is CCCCCCCCCCCCCCCCCCCCCCCCCCCCCCCCCCCCCC(=O)OC(COC(=O)CCCCCCCCC)COP(=O)([O-])OCC[N+](C)(C)C. The molecule has 0 radical (unpaired) electrons. The molecular weight excluding hydrogens is 846 g/mol. The Hall–Kier alpha value is -0.990. The lowest BCUT2D eigenvalue weighted by molar-refractivity contribution is -0.870. The van der Waals surface area contributed by atoms with E-state index >= 15 is 0 Å². The summed E-state index contributed by atoms with van der Waals surface area (Å²) in [4.78, 5) is 37.5. The molecule has 0 bridgehead atoms. The summed E-state index contributed by atoms with van der Waals surface area (Å²) in [6, 6.07) is 0. The maximum Gasteiger partial charge on any atom is 0.306 e. The third kappa shape index (κ3) is 52.4. The van der Waals surface area contributed by atoms with E-state index in [0.717, 1.165) is 32.1 Å². The van der Waals surface area contributed by atoms with E-state index < -0.39 is 26.5 Å². The van der Waals surface area contributed by atoms with Crippen molar-refractivity contribution >= 4 is 19.8 Å². The summed E-state index contributed by atoms with van der Waals surface area (Å²) in [5.41, 5.74) is 0. The van der Waals surface area contributed by atoms with E-state index in [-0.39, 0.29) is 32.0 Å². The molecule has 0 fully saturated rings. The van der Waals surface area contributed by atoms with E-state index in [4.69, 9.17) is 18.5 Å². The molecule has 0 aliphatic heterocycles. The normalized spacial score (nSPS) is 13.2. The molecule has 2 atom stereocenters. The molecule has 0 aromatic heterocycles. The maximum absolute atomic E-state index is 12.7. The molecule has 0 aromatic rings. The highest BCUT2D eigenvalue weighted by atomic mass is 31.2. The molecule has 9 nitrogen and oxygen atoms in total. The highest BCUT2D eigenvalue weighted by Crippen LogP contribution is 2.38. The van der Waals surface area contributed by atoms with E-state index in [9.17, 15) is 19.0 Å². The summed E-state index contributed by atoms with van der Waals surface area (Å²) in [6.07, 6.45) is 55.0. The van der Waals surface area contributed by atoms with Gasteiger partial charge in [-0.2, -0.15) is 0 Å². The van der Waals surface area contributed by atoms with E-state index in [2.05, 4.69) is 13.8 Å². The summed E-state index contributed by atoms with van der Waals surface area (Å²) < 4.78 is 33.9. The van der Waals surface area contributed by atoms with Gasteiger partial charge in [0.05, 0.1) is 27.7 Å². The van der Waals surface area contributed by atoms with Crippen molar-refractivity contribution in [2.45, 2.75) is 302 Å². The van der Waals surface area contributed by atoms with Gasteiger partial charge in [0.1, 0.15) is 19.8 Å². The molecule has 10 heteroatoms. The Balaban J connectivity index is 3.78. The molecule has 0 spiro atoms. The average molecular weight is 958 g/mol. The number of hydrogen-bond acceptors (Lipinski definition) is 8. The van der Waals surface area contributed by atoms with Gasteiger partial charge in [-0.3, -0.25) is 14.2 Å². The monoisotopic (exact) mass is 958 g/mol. The summed E-state index contributed by atoms with van der Waals surface area (Å²) in [6.45, 7) is 4.23. The van der Waals surface area contributed by atoms with E-state index in [1.807, 2.05) is 21.1 Å². The zero-order valence-electron chi connectivity index (χ0n) is 44.7. The van der Waals surface area contributed by atoms with Crippen molar-refractivity contribution in [2.75, 3.05) is 47.5 Å². The molecule has 2 unspecified atom stereocenters. The summed E-state index contributed by atoms with van der Waals surface area (Å²) in [7, 11) is 1.18. The van der Waals surface area contributed by atoms with Crippen molar-refractivity contribution in [1.29, 1.82) is 0 Å². The first-order chi connectivity index (χ1) is 32.0. The Morgan fingerprint density at radius 1 is 0.409 bits per heavy atom. The van der Waals surface area contributed by atoms with Crippen LogP contribution in [0, 0.1) is 0 Å². The number of phosphoric acid groups is 1. The molecule has 394 valence electrons. The fraction of sp³-hybridized carbons (Fsp3) is 0.964. The van der Waals surface area contributed by atoms with Gasteiger partial charge in [-0.25, -0.2) is 0 Å². The zero-order valence-corrected chi connectivity index (χ0v) is 45.6. The number of likely N-dealkylation sites (N-methyl/N-ethyl adjacent to an activating group) is 1. The van der Waals surface area contributed by atoms with Crippen LogP contribution in [0.5, 0.6) is 0 Å². The minimum absolute atomic E-state index is 0.0259. The first kappa shape index (κ1) is 65.0. The summed E-state index contributed by atoms with van der Waals surface area (Å²) in [5, 5.41) is 0. The molecule has 0 rings (SSSR count). The molecule has 0 amide bonds. The van der Waals surface area contributed by atoms with Crippen molar-refractivity contribution < 1.29 is 42.1 Å². The van der Waals surface area contributed by atoms with Gasteiger partial charge in [0.15, 0.2) is 6.10 Å². The lowest BCUT2D eigenvalue weighted by Gasteiger charge is -2.28. The van der Waals surface area contributed by atoms with Gasteiger partial charge in [-0.15, -0.1) is 0 Å². The van der Waals surface area contributed by atoms with E-state index in [1.165, 1.54) is 231 Å². The summed E-state index contributed by atoms with van der Waals surface area (Å²) in [5.74, 6) is -0.824. The maximum atomic E-state index is 12.7. The second-order valence-electron chi connectivity index (χ2n) is 21.0. The van der Waals surface area contributed by atoms with Crippen molar-refractivity contribution in [3.63, 3.8) is 0 Å². The molecule has 66 heavy (non-hydrogen) atoms. The molecular formula is C56H112NO8P. The molecule has 0 saturated heterocycles. The third-order valence-electron chi connectivity index (χ3n) is 13.1. The Morgan fingerprint density at radius 2 is 0.682 bits per heavy atom. The van der Waals surface area contributed by atoms with Gasteiger partial charge in [-0.1, -0.05) is 271 Å². The number of ether oxygens (including phenoxy) is 2. The number of carbonyl (C=O) groups is 2. The number of nitrogens with zero attached hydrogens (tertiary/aromatic N) is 1. The van der Waals surface area contributed by atoms with E-state index in [1.54, 1.807) is 0 Å². The van der Waals surface area contributed by atoms with Crippen LogP contribution < -0.4 is 4.89 Å². The third-order valence-corrected chi connectivity index (χ3v) is 14.1. The minimum atomic E-state index is -4.62. The standard InChI is InChI=1S/C56H112NO8P/c1-6-8-10-12-14-15-16-17-18-19-20-21-22-23-24-25-26-27-28-29-30-31-32-33-34-35-36-37-38-39-40-41-43-45-47-49-56(59)65-54(53-64-66(60,61)63-51-50-57(3,4)5)52-62-55(58)48-46-44-42-13-11-9-7-2/h54H,6-53H2,1-5H3. The molecule has 0 aliphatic carbocycles. The second-order valence-corrected chi connectivity index (χ2v) is 22.4. The fourth-order valence-corrected chi connectivity index (χ4v) is 9.39. The van der Waals surface area contributed by atoms with Crippen LogP contribution in [0.25, 0.3) is 0 Å². The molecule has 0 saturated carbocycles. The average Bonchev–Trinajstić information content (AvgIpc) is 3.27. The van der Waals surface area contributed by atoms with Crippen molar-refractivity contribution in [2.24, 2.45) is 0 Å². The predicted octanol–water partition coefficient (Wildman–Crippen LogP) is 16.9. The van der Waals surface area contributed by atoms with E-state index in [0.29, 0.717) is 17.4 Å². The lowest BCUT2D eigenvalue weighted by Crippen LogP contribution is -2.37. The number of quaternary nitrogens is 1. The number of rotatable bonds is 54. The van der Waals surface area contributed by atoms with Gasteiger partial charge >= 0.3 is 11.9 Å². The van der Waals surface area contributed by atoms with Crippen LogP contribution in [0.3, 0.4) is 0 Å². The molecule has 0 heterocycles. The van der Waals surface area contributed by atoms with Crippen LogP contribution in [0.2, 0.25) is 0 Å². The Labute approximate surface area is 410 Å². The van der Waals surface area contributed by atoms with Crippen molar-refractivity contribution in [1.82, 2.24) is 0 Å². The number of hydrogen-bond donors (Lipinski definition) is 0. The largest absolute Gasteiger partial charge is 0.756 e. The van der Waals surface area contributed by atoms with Crippen LogP contribution in [0.1, 0.15) is 296 Å². The molecule has 0 N–H and O–H groups in total. The quantitative estimate of drug-likeness (QED) is 0.0256. The van der Waals surface area contributed by atoms with Gasteiger partial charge in [0, 0.05) is 12.8 Å². The predicted molar refractivity (Wildman–Crippen MR) is 278 cm³/mol. The minimum Gasteiger partial charge on any atom is -0.756 e. The summed E-state index contributed by atoms with van der Waals surface area (Å²) >= 11 is 0. The molecule has 0 aliphatic rings. The first-order valence-electron chi connectivity index (χ1n) is 28.7. The lowest BCUT2D eigenvalue weighted by atomic mass is 10.0. The van der Waals surface area contributed by atoms with Gasteiger partial charge < -0.3 is 27.9 Å². The number of unbranched alkanes of at least 4 members (excludes halogenated alkanes) is 40. The van der Waals surface area contributed by atoms with Crippen LogP contribution in [0.15, 0.2) is 0 Å². The Kier molecular flexibility index (Phi) is 48.3. The second kappa shape index (κ2) is 49.0. The van der Waals surface area contributed by atoms with Crippen molar-refractivity contribution in [3.05, 3.63) is 0 Å². The first-order valence-corrected chi connectivity index (χ1v) is 30.2. The van der Waals surface area contributed by atoms with Gasteiger partial charge in [-0.05, 0) is 12.8 Å². The van der Waals surface area contributed by atoms with Crippen molar-refractivity contribution in [3.8, 4) is 0 Å². The van der Waals surface area contributed by atoms with Crippen LogP contribution >= 0.6 is 7.82 Å². The smallest absolute Gasteiger partial charge is 0.306 e. The van der Waals surface area contributed by atoms with Crippen LogP contribution in [0.4, 0.5) is 0 Å². The van der Waals surface area contributed by atoms with Crippen LogP contribution in [-0.4, -0.2) is 70.0 Å². The van der Waals surface area contributed by atoms with Gasteiger partial charge in [0.2, 0.25) is 0 Å². The zero-order chi connectivity index (χ0) is 48.5. The van der Waals surface area contributed by atoms with Gasteiger partial charge in [0.25, 0.3) is 7.82 Å². The fourth-order valence-electron chi connectivity index (χ4n) is 8.66. The topological polar surface area (TPSA) is 111 Å². The Bertz CT molecular complexity index is 1080. The number of carbonyl (C=O) groups excluding carboxylic acids is 2. The Morgan fingerprint density at radius 3 is 0.970 bits per heavy atom. The highest BCUT2D eigenvalue weighted by molar-refractivity contribution is 7.45. The highest BCUT2D eigenvalue weighted by Gasteiger charge is 2.22.